The Morgan fingerprint density at radius 2 is 1.62 bits per heavy atom. The largest absolute Gasteiger partial charge is 0.308 e. The molecule has 0 aliphatic rings. The average molecular weight is 337 g/mol. The van der Waals surface area contributed by atoms with E-state index in [-0.39, 0.29) is 5.91 Å². The van der Waals surface area contributed by atoms with E-state index >= 15 is 0 Å². The minimum atomic E-state index is 0.0346. The molecule has 0 atom stereocenters. The van der Waals surface area contributed by atoms with Gasteiger partial charge in [-0.25, -0.2) is 0 Å². The lowest BCUT2D eigenvalue weighted by atomic mass is 10.1. The third-order valence-corrected chi connectivity index (χ3v) is 3.95. The Bertz CT molecular complexity index is 789. The van der Waals surface area contributed by atoms with E-state index in [0.29, 0.717) is 18.0 Å². The van der Waals surface area contributed by atoms with Crippen LogP contribution in [-0.4, -0.2) is 10.9 Å². The molecular weight excluding hydrogens is 320 g/mol. The molecule has 4 heteroatoms. The van der Waals surface area contributed by atoms with Gasteiger partial charge in [-0.1, -0.05) is 48.0 Å². The number of rotatable bonds is 5. The number of hydrogen-bond acceptors (Lipinski definition) is 2. The Morgan fingerprint density at radius 1 is 0.917 bits per heavy atom. The molecule has 0 unspecified atom stereocenters. The van der Waals surface area contributed by atoms with Gasteiger partial charge in [0.25, 0.3) is 0 Å². The molecule has 24 heavy (non-hydrogen) atoms. The second kappa shape index (κ2) is 7.75. The number of pyridine rings is 1. The van der Waals surface area contributed by atoms with Gasteiger partial charge in [0, 0.05) is 23.1 Å². The Balaban J connectivity index is 1.86. The average Bonchev–Trinajstić information content (AvgIpc) is 2.62. The van der Waals surface area contributed by atoms with Gasteiger partial charge in [0.15, 0.2) is 0 Å². The summed E-state index contributed by atoms with van der Waals surface area (Å²) >= 11 is 5.97. The first-order valence-corrected chi connectivity index (χ1v) is 8.09. The van der Waals surface area contributed by atoms with Gasteiger partial charge in [0.2, 0.25) is 5.91 Å². The van der Waals surface area contributed by atoms with Crippen LogP contribution in [0.2, 0.25) is 5.02 Å². The van der Waals surface area contributed by atoms with Crippen molar-refractivity contribution in [2.24, 2.45) is 0 Å². The second-order valence-electron chi connectivity index (χ2n) is 5.48. The monoisotopic (exact) mass is 336 g/mol. The summed E-state index contributed by atoms with van der Waals surface area (Å²) in [5.74, 6) is 0.0346. The minimum Gasteiger partial charge on any atom is -0.308 e. The predicted octanol–water partition coefficient (Wildman–Crippen LogP) is 4.51. The highest BCUT2D eigenvalue weighted by molar-refractivity contribution is 6.30. The molecule has 2 aromatic carbocycles. The molecule has 3 rings (SSSR count). The summed E-state index contributed by atoms with van der Waals surface area (Å²) in [5.41, 5.74) is 2.80. The Labute approximate surface area is 146 Å². The van der Waals surface area contributed by atoms with Crippen molar-refractivity contribution in [1.29, 1.82) is 0 Å². The van der Waals surface area contributed by atoms with Gasteiger partial charge in [0.1, 0.15) is 0 Å². The summed E-state index contributed by atoms with van der Waals surface area (Å²) in [7, 11) is 0. The van der Waals surface area contributed by atoms with Crippen molar-refractivity contribution in [3.8, 4) is 0 Å². The molecule has 0 saturated heterocycles. The number of hydrogen-bond donors (Lipinski definition) is 0. The van der Waals surface area contributed by atoms with Crippen molar-refractivity contribution >= 4 is 23.2 Å². The van der Waals surface area contributed by atoms with Crippen LogP contribution in [0.3, 0.4) is 0 Å². The number of anilines is 1. The highest BCUT2D eigenvalue weighted by atomic mass is 35.5. The lowest BCUT2D eigenvalue weighted by Crippen LogP contribution is -2.31. The van der Waals surface area contributed by atoms with Crippen molar-refractivity contribution < 1.29 is 4.79 Å². The van der Waals surface area contributed by atoms with Crippen molar-refractivity contribution in [2.75, 3.05) is 4.90 Å². The normalized spacial score (nSPS) is 10.4. The Hall–Kier alpha value is -2.65. The number of aromatic nitrogens is 1. The maximum atomic E-state index is 12.9. The van der Waals surface area contributed by atoms with Crippen LogP contribution in [0.15, 0.2) is 79.1 Å². The molecule has 0 N–H and O–H groups in total. The number of carbonyl (C=O) groups excluding carboxylic acids is 1. The standard InChI is InChI=1S/C20H17ClN2O/c21-18-8-10-19(11-9-18)23(15-17-7-4-12-22-14-17)20(24)13-16-5-2-1-3-6-16/h1-12,14H,13,15H2. The highest BCUT2D eigenvalue weighted by Gasteiger charge is 2.17. The second-order valence-corrected chi connectivity index (χ2v) is 5.92. The number of halogens is 1. The van der Waals surface area contributed by atoms with Crippen molar-refractivity contribution in [2.45, 2.75) is 13.0 Å². The van der Waals surface area contributed by atoms with E-state index in [2.05, 4.69) is 4.98 Å². The fourth-order valence-corrected chi connectivity index (χ4v) is 2.61. The van der Waals surface area contributed by atoms with Gasteiger partial charge in [-0.15, -0.1) is 0 Å². The molecule has 0 saturated carbocycles. The van der Waals surface area contributed by atoms with Crippen LogP contribution in [0.4, 0.5) is 5.69 Å². The first-order chi connectivity index (χ1) is 11.7. The van der Waals surface area contributed by atoms with E-state index in [1.165, 1.54) is 0 Å². The summed E-state index contributed by atoms with van der Waals surface area (Å²) in [6, 6.07) is 20.9. The number of amides is 1. The predicted molar refractivity (Wildman–Crippen MR) is 97.0 cm³/mol. The topological polar surface area (TPSA) is 33.2 Å². The zero-order chi connectivity index (χ0) is 16.8. The van der Waals surface area contributed by atoms with Crippen LogP contribution in [-0.2, 0) is 17.8 Å². The fourth-order valence-electron chi connectivity index (χ4n) is 2.48. The summed E-state index contributed by atoms with van der Waals surface area (Å²) in [5, 5.41) is 0.649. The van der Waals surface area contributed by atoms with Gasteiger partial charge in [-0.3, -0.25) is 9.78 Å². The molecule has 0 fully saturated rings. The lowest BCUT2D eigenvalue weighted by molar-refractivity contribution is -0.118. The van der Waals surface area contributed by atoms with Gasteiger partial charge in [0.05, 0.1) is 13.0 Å². The lowest BCUT2D eigenvalue weighted by Gasteiger charge is -2.23. The molecule has 1 amide bonds. The molecular formula is C20H17ClN2O. The summed E-state index contributed by atoms with van der Waals surface area (Å²) in [6.45, 7) is 0.473. The Kier molecular flexibility index (Phi) is 5.24. The first-order valence-electron chi connectivity index (χ1n) is 7.71. The van der Waals surface area contributed by atoms with Crippen LogP contribution in [0, 0.1) is 0 Å². The molecule has 0 radical (unpaired) electrons. The van der Waals surface area contributed by atoms with Crippen LogP contribution in [0.5, 0.6) is 0 Å². The fraction of sp³-hybridized carbons (Fsp3) is 0.100. The van der Waals surface area contributed by atoms with E-state index in [1.54, 1.807) is 29.4 Å². The molecule has 0 spiro atoms. The van der Waals surface area contributed by atoms with E-state index in [1.807, 2.05) is 54.6 Å². The van der Waals surface area contributed by atoms with Gasteiger partial charge in [-0.2, -0.15) is 0 Å². The van der Waals surface area contributed by atoms with Gasteiger partial charge < -0.3 is 4.90 Å². The smallest absolute Gasteiger partial charge is 0.231 e. The molecule has 120 valence electrons. The zero-order valence-corrected chi connectivity index (χ0v) is 13.9. The highest BCUT2D eigenvalue weighted by Crippen LogP contribution is 2.21. The van der Waals surface area contributed by atoms with Crippen molar-refractivity contribution in [3.05, 3.63) is 95.3 Å². The molecule has 3 aromatic rings. The molecule has 1 aromatic heterocycles. The minimum absolute atomic E-state index is 0.0346. The van der Waals surface area contributed by atoms with Crippen molar-refractivity contribution in [3.63, 3.8) is 0 Å². The van der Waals surface area contributed by atoms with E-state index in [9.17, 15) is 4.79 Å². The number of nitrogens with zero attached hydrogens (tertiary/aromatic N) is 2. The van der Waals surface area contributed by atoms with Crippen LogP contribution < -0.4 is 4.90 Å². The van der Waals surface area contributed by atoms with E-state index in [0.717, 1.165) is 16.8 Å². The zero-order valence-electron chi connectivity index (χ0n) is 13.1. The van der Waals surface area contributed by atoms with Crippen LogP contribution in [0.25, 0.3) is 0 Å². The first kappa shape index (κ1) is 16.2. The SMILES string of the molecule is O=C(Cc1ccccc1)N(Cc1cccnc1)c1ccc(Cl)cc1. The summed E-state index contributed by atoms with van der Waals surface area (Å²) in [4.78, 5) is 18.8. The van der Waals surface area contributed by atoms with E-state index in [4.69, 9.17) is 11.6 Å². The summed E-state index contributed by atoms with van der Waals surface area (Å²) in [6.07, 6.45) is 3.85. The quantitative estimate of drug-likeness (QED) is 0.686. The van der Waals surface area contributed by atoms with E-state index < -0.39 is 0 Å². The molecule has 0 aliphatic heterocycles. The number of benzene rings is 2. The molecule has 1 heterocycles. The third-order valence-electron chi connectivity index (χ3n) is 3.70. The molecule has 0 aliphatic carbocycles. The third kappa shape index (κ3) is 4.21. The van der Waals surface area contributed by atoms with Gasteiger partial charge >= 0.3 is 0 Å². The molecule has 0 bridgehead atoms. The van der Waals surface area contributed by atoms with Crippen LogP contribution in [0.1, 0.15) is 11.1 Å². The Morgan fingerprint density at radius 3 is 2.29 bits per heavy atom. The van der Waals surface area contributed by atoms with Crippen LogP contribution >= 0.6 is 11.6 Å². The van der Waals surface area contributed by atoms with Gasteiger partial charge in [-0.05, 0) is 41.5 Å². The molecule has 3 nitrogen and oxygen atoms in total. The maximum Gasteiger partial charge on any atom is 0.231 e. The van der Waals surface area contributed by atoms with Crippen molar-refractivity contribution in [1.82, 2.24) is 4.98 Å². The number of carbonyl (C=O) groups is 1. The maximum absolute atomic E-state index is 12.9. The summed E-state index contributed by atoms with van der Waals surface area (Å²) < 4.78 is 0.